The van der Waals surface area contributed by atoms with Crippen LogP contribution in [-0.2, 0) is 61.8 Å². The first-order valence-electron chi connectivity index (χ1n) is 35.0. The van der Waals surface area contributed by atoms with E-state index < -0.39 is 48.5 Å². The number of carbonyl (C=O) groups excluding carboxylic acids is 10. The Labute approximate surface area is 589 Å². The van der Waals surface area contributed by atoms with Gasteiger partial charge in [-0.05, 0) is 147 Å². The van der Waals surface area contributed by atoms with Gasteiger partial charge in [0.1, 0.15) is 39.6 Å². The summed E-state index contributed by atoms with van der Waals surface area (Å²) in [7, 11) is 2.87. The zero-order valence-corrected chi connectivity index (χ0v) is 63.3. The van der Waals surface area contributed by atoms with Crippen LogP contribution < -0.4 is 42.5 Å². The Morgan fingerprint density at radius 3 is 1.22 bits per heavy atom. The Bertz CT molecular complexity index is 2690. The molecular weight excluding hydrogens is 1280 g/mol. The van der Waals surface area contributed by atoms with Gasteiger partial charge in [-0.3, -0.25) is 9.59 Å². The van der Waals surface area contributed by atoms with Crippen LogP contribution in [0, 0.1) is 49.2 Å². The van der Waals surface area contributed by atoms with Crippen molar-refractivity contribution in [1.29, 1.82) is 0 Å². The minimum atomic E-state index is -0.677. The fraction of sp³-hybridized carbons (Fsp3) is 0.806. The Morgan fingerprint density at radius 2 is 0.798 bits per heavy atom. The number of hydrogen-bond donors (Lipinski definition) is 8. The van der Waals surface area contributed by atoms with E-state index in [0.717, 1.165) is 70.8 Å². The lowest BCUT2D eigenvalue weighted by Gasteiger charge is -2.46. The number of rotatable bonds is 31. The van der Waals surface area contributed by atoms with Crippen molar-refractivity contribution in [1.82, 2.24) is 42.5 Å². The van der Waals surface area contributed by atoms with Crippen molar-refractivity contribution in [3.63, 3.8) is 0 Å². The molecule has 0 saturated heterocycles. The smallest absolute Gasteiger partial charge is 0.407 e. The minimum Gasteiger partial charge on any atom is -0.459 e. The third-order valence-electron chi connectivity index (χ3n) is 17.8. The lowest BCUT2D eigenvalue weighted by atomic mass is 9.61. The first-order valence-corrected chi connectivity index (χ1v) is 35.0. The number of methoxy groups -OCH3 is 1. The highest BCUT2D eigenvalue weighted by Crippen LogP contribution is 2.50. The van der Waals surface area contributed by atoms with Gasteiger partial charge in [-0.2, -0.15) is 0 Å². The molecule has 4 aliphatic rings. The summed E-state index contributed by atoms with van der Waals surface area (Å²) in [6, 6.07) is -0.340. The third kappa shape index (κ3) is 37.9. The summed E-state index contributed by atoms with van der Waals surface area (Å²) in [6.07, 6.45) is 8.16. The van der Waals surface area contributed by atoms with Gasteiger partial charge in [0.15, 0.2) is 12.4 Å². The quantitative estimate of drug-likeness (QED) is 0.0138. The molecule has 0 aromatic rings. The van der Waals surface area contributed by atoms with Crippen LogP contribution in [0.3, 0.4) is 0 Å². The van der Waals surface area contributed by atoms with Crippen molar-refractivity contribution < 1.29 is 90.6 Å². The maximum atomic E-state index is 12.6. The molecule has 8 atom stereocenters. The average Bonchev–Trinajstić information content (AvgIpc) is 0.826. The molecule has 0 aromatic heterocycles. The molecule has 4 fully saturated rings. The van der Waals surface area contributed by atoms with Gasteiger partial charge in [-0.15, -0.1) is 0 Å². The maximum absolute atomic E-state index is 12.6. The number of carbonyl (C=O) groups is 10. The minimum absolute atomic E-state index is 0.0101. The van der Waals surface area contributed by atoms with Crippen molar-refractivity contribution in [2.24, 2.45) is 49.2 Å². The highest BCUT2D eigenvalue weighted by atomic mass is 16.6. The molecule has 27 nitrogen and oxygen atoms in total. The van der Waals surface area contributed by atoms with Crippen LogP contribution in [0.1, 0.15) is 201 Å². The van der Waals surface area contributed by atoms with Gasteiger partial charge in [0.2, 0.25) is 5.91 Å². The number of hydrogen-bond acceptors (Lipinski definition) is 20. The van der Waals surface area contributed by atoms with Gasteiger partial charge in [0.05, 0.1) is 26.7 Å². The molecule has 0 spiro atoms. The summed E-state index contributed by atoms with van der Waals surface area (Å²) in [5, 5.41) is 23.0. The summed E-state index contributed by atoms with van der Waals surface area (Å²) >= 11 is 0. The van der Waals surface area contributed by atoms with Gasteiger partial charge in [0, 0.05) is 69.1 Å². The second-order valence-corrected chi connectivity index (χ2v) is 32.6. The molecule has 568 valence electrons. The van der Waals surface area contributed by atoms with Crippen LogP contribution in [0.2, 0.25) is 0 Å². The number of esters is 2. The molecule has 27 heteroatoms. The molecular formula is C72H126N8O19. The van der Waals surface area contributed by atoms with Crippen LogP contribution in [0.15, 0.2) is 24.3 Å². The van der Waals surface area contributed by atoms with E-state index in [1.54, 1.807) is 6.92 Å². The molecule has 0 aliphatic heterocycles. The van der Waals surface area contributed by atoms with Gasteiger partial charge < -0.3 is 85.2 Å². The largest absolute Gasteiger partial charge is 0.459 e. The van der Waals surface area contributed by atoms with Gasteiger partial charge in [-0.1, -0.05) is 110 Å². The lowest BCUT2D eigenvalue weighted by molar-refractivity contribution is -0.140. The zero-order chi connectivity index (χ0) is 75.1. The van der Waals surface area contributed by atoms with Crippen LogP contribution in [0.5, 0.6) is 0 Å². The highest BCUT2D eigenvalue weighted by Gasteiger charge is 2.45. The van der Waals surface area contributed by atoms with Crippen molar-refractivity contribution in [3.8, 4) is 0 Å². The number of alkyl carbamates (subject to hydrolysis) is 6. The van der Waals surface area contributed by atoms with E-state index in [-0.39, 0.29) is 137 Å². The highest BCUT2D eigenvalue weighted by molar-refractivity contribution is 5.87. The lowest BCUT2D eigenvalue weighted by Crippen LogP contribution is -2.50. The van der Waals surface area contributed by atoms with Gasteiger partial charge >= 0.3 is 48.5 Å². The molecule has 99 heavy (non-hydrogen) atoms. The van der Waals surface area contributed by atoms with E-state index in [2.05, 4.69) is 144 Å². The number of ketones is 1. The molecule has 4 rings (SSSR count). The van der Waals surface area contributed by atoms with Crippen molar-refractivity contribution in [2.75, 3.05) is 106 Å². The average molecular weight is 1410 g/mol. The predicted molar refractivity (Wildman–Crippen MR) is 375 cm³/mol. The summed E-state index contributed by atoms with van der Waals surface area (Å²) in [5.41, 5.74) is -0.0565. The monoisotopic (exact) mass is 1410 g/mol. The van der Waals surface area contributed by atoms with E-state index in [1.807, 2.05) is 13.8 Å². The van der Waals surface area contributed by atoms with E-state index in [0.29, 0.717) is 58.2 Å². The van der Waals surface area contributed by atoms with Crippen molar-refractivity contribution in [2.45, 2.75) is 219 Å². The van der Waals surface area contributed by atoms with E-state index in [9.17, 15) is 47.9 Å². The van der Waals surface area contributed by atoms with Crippen molar-refractivity contribution in [3.05, 3.63) is 24.3 Å². The Hall–Kier alpha value is -6.90. The molecule has 4 aliphatic carbocycles. The third-order valence-corrected chi connectivity index (χ3v) is 17.8. The standard InChI is InChI=1S/C33H56N4O9.C32H55N3O7.C7H15NO3/c1-22(2)26(39)44-10-11-45-29(42)37-24-13-31(5,6)19-33(8,15-24)21-35-27(40)46-17-25(38)16-34-20-32(7)14-23(36-28(41)43-9)12-30(3,4)18-32;1-22(2)26(37)40-12-13-42-28(39)35-24-16-30(6,7)19-32(9,17-24)20-33-25(36)10-11-41-27(38)34-21-31(8)15-23(3)14-29(4,5)18-31;1-3-4-10-5-6-11-7(9)8-2/h23-24,34H,1,10-21H2,2-9H3,(H,35,40)(H,36,41)(H,37,42);23-24H,1,10-21H2,2-9H3,(H,33,36)(H,34,38)(H,35,39);3-6H2,1-2H3,(H,8,9). The normalized spacial score (nSPS) is 25.3. The number of nitrogens with one attached hydrogen (secondary N) is 8. The zero-order valence-electron chi connectivity index (χ0n) is 63.3. The summed E-state index contributed by atoms with van der Waals surface area (Å²) in [5.74, 6) is -0.888. The van der Waals surface area contributed by atoms with Gasteiger partial charge in [-0.25, -0.2) is 38.4 Å². The molecule has 4 saturated carbocycles. The van der Waals surface area contributed by atoms with E-state index in [4.69, 9.17) is 37.9 Å². The topological polar surface area (TPSA) is 350 Å². The van der Waals surface area contributed by atoms with Crippen LogP contribution >= 0.6 is 0 Å². The van der Waals surface area contributed by atoms with E-state index in [1.165, 1.54) is 27.5 Å². The number of ether oxygens (including phenoxy) is 9. The summed E-state index contributed by atoms with van der Waals surface area (Å²) in [4.78, 5) is 120. The predicted octanol–water partition coefficient (Wildman–Crippen LogP) is 10.5. The van der Waals surface area contributed by atoms with Gasteiger partial charge in [0.25, 0.3) is 0 Å². The van der Waals surface area contributed by atoms with Crippen LogP contribution in [0.25, 0.3) is 0 Å². The Balaban J connectivity index is 0.000000585. The molecule has 0 bridgehead atoms. The fourth-order valence-corrected chi connectivity index (χ4v) is 15.9. The van der Waals surface area contributed by atoms with Crippen LogP contribution in [0.4, 0.5) is 28.8 Å². The summed E-state index contributed by atoms with van der Waals surface area (Å²) < 4.78 is 45.2. The van der Waals surface area contributed by atoms with E-state index >= 15 is 0 Å². The molecule has 7 amide bonds. The molecule has 8 N–H and O–H groups in total. The second-order valence-electron chi connectivity index (χ2n) is 32.6. The Kier molecular flexibility index (Phi) is 36.6. The van der Waals surface area contributed by atoms with Crippen LogP contribution in [-0.4, -0.2) is 185 Å². The number of Topliss-reactive ketones (excluding diaryl/α,β-unsaturated/α-hetero) is 1. The Morgan fingerprint density at radius 1 is 0.424 bits per heavy atom. The number of amides is 7. The SMILES string of the molecule is C=C(C)C(=O)OCCOC(=O)NC1CC(C)(C)CC(C)(CNC(=O)CCOC(=O)NCC2(C)CC(C)CC(C)(C)C2)C1.C=C(C)C(=O)OCCOC(=O)NC1CC(C)(C)CC(C)(CNC(=O)OCC(=O)CNCC2(C)CC(NC(=O)OC)CC(C)(C)C2)C1.CCCOCCOC(=O)NC. The first kappa shape index (κ1) is 88.2. The summed E-state index contributed by atoms with van der Waals surface area (Å²) in [6.45, 7) is 43.2. The second kappa shape index (κ2) is 41.1. The molecule has 0 aromatic carbocycles. The molecule has 0 heterocycles. The fourth-order valence-electron chi connectivity index (χ4n) is 15.9. The molecule has 8 unspecified atom stereocenters. The first-order chi connectivity index (χ1) is 45.9. The molecule has 0 radical (unpaired) electrons. The van der Waals surface area contributed by atoms with Crippen molar-refractivity contribution >= 4 is 60.2 Å². The maximum Gasteiger partial charge on any atom is 0.407 e.